The van der Waals surface area contributed by atoms with Crippen molar-refractivity contribution >= 4 is 23.1 Å². The zero-order valence-electron chi connectivity index (χ0n) is 16.5. The number of nitro groups is 1. The average molecular weight is 385 g/mol. The monoisotopic (exact) mass is 385 g/mol. The van der Waals surface area contributed by atoms with Gasteiger partial charge in [-0.05, 0) is 42.9 Å². The van der Waals surface area contributed by atoms with Crippen molar-refractivity contribution in [3.05, 3.63) is 45.6 Å². The van der Waals surface area contributed by atoms with E-state index < -0.39 is 4.92 Å². The van der Waals surface area contributed by atoms with E-state index in [1.807, 2.05) is 4.90 Å². The number of rotatable bonds is 7. The number of non-ortho nitro benzene ring substituents is 1. The number of likely N-dealkylation sites (tertiary alicyclic amines) is 1. The zero-order valence-corrected chi connectivity index (χ0v) is 16.5. The first-order valence-corrected chi connectivity index (χ1v) is 10.0. The first kappa shape index (κ1) is 20.0. The van der Waals surface area contributed by atoms with Crippen molar-refractivity contribution in [2.75, 3.05) is 19.6 Å². The Hall–Kier alpha value is -2.70. The van der Waals surface area contributed by atoms with E-state index in [2.05, 4.69) is 13.8 Å². The molecule has 1 aromatic carbocycles. The molecule has 0 saturated carbocycles. The molecule has 1 saturated heterocycles. The van der Waals surface area contributed by atoms with Crippen molar-refractivity contribution in [1.29, 1.82) is 0 Å². The van der Waals surface area contributed by atoms with E-state index in [0.717, 1.165) is 45.2 Å². The number of piperidine rings is 1. The van der Waals surface area contributed by atoms with Gasteiger partial charge in [-0.25, -0.2) is 0 Å². The molecule has 2 aliphatic heterocycles. The van der Waals surface area contributed by atoms with Crippen LogP contribution in [-0.2, 0) is 9.59 Å². The molecule has 1 aromatic rings. The van der Waals surface area contributed by atoms with Crippen LogP contribution in [0.3, 0.4) is 0 Å². The third-order valence-corrected chi connectivity index (χ3v) is 5.47. The van der Waals surface area contributed by atoms with Crippen LogP contribution in [0.2, 0.25) is 0 Å². The largest absolute Gasteiger partial charge is 0.366 e. The van der Waals surface area contributed by atoms with Crippen LogP contribution in [0.5, 0.6) is 0 Å². The molecule has 1 fully saturated rings. The molecule has 0 aliphatic carbocycles. The Morgan fingerprint density at radius 2 is 1.86 bits per heavy atom. The number of nitrogens with zero attached hydrogens (tertiary/aromatic N) is 3. The van der Waals surface area contributed by atoms with Crippen LogP contribution in [0.15, 0.2) is 30.0 Å². The fraction of sp³-hybridized carbons (Fsp3) is 0.524. The second-order valence-corrected chi connectivity index (χ2v) is 7.69. The van der Waals surface area contributed by atoms with Gasteiger partial charge in [0.15, 0.2) is 0 Å². The first-order valence-electron chi connectivity index (χ1n) is 10.0. The summed E-state index contributed by atoms with van der Waals surface area (Å²) in [5.41, 5.74) is 1.37. The van der Waals surface area contributed by atoms with Gasteiger partial charge in [-0.2, -0.15) is 0 Å². The Morgan fingerprint density at radius 1 is 1.14 bits per heavy atom. The normalized spacial score (nSPS) is 20.3. The highest BCUT2D eigenvalue weighted by Crippen LogP contribution is 2.34. The summed E-state index contributed by atoms with van der Waals surface area (Å²) < 4.78 is 0. The van der Waals surface area contributed by atoms with E-state index in [0.29, 0.717) is 29.3 Å². The molecule has 0 spiro atoms. The summed E-state index contributed by atoms with van der Waals surface area (Å²) in [6.45, 7) is 6.13. The molecule has 0 radical (unpaired) electrons. The van der Waals surface area contributed by atoms with Crippen LogP contribution in [0.25, 0.3) is 5.57 Å². The number of unbranched alkanes of at least 4 members (excludes halogenated alkanes) is 2. The molecule has 2 heterocycles. The summed E-state index contributed by atoms with van der Waals surface area (Å²) in [5, 5.41) is 11.0. The highest BCUT2D eigenvalue weighted by Gasteiger charge is 2.41. The molecule has 150 valence electrons. The summed E-state index contributed by atoms with van der Waals surface area (Å²) in [6.07, 6.45) is 4.84. The number of imide groups is 1. The van der Waals surface area contributed by atoms with E-state index in [1.165, 1.54) is 17.0 Å². The van der Waals surface area contributed by atoms with Crippen molar-refractivity contribution in [3.63, 3.8) is 0 Å². The Morgan fingerprint density at radius 3 is 2.46 bits per heavy atom. The SMILES string of the molecule is CCCCCN1C(=O)C(c2ccc([N+](=O)[O-])cc2)=C(N2CCCC(C)C2)C1=O. The van der Waals surface area contributed by atoms with Gasteiger partial charge in [0.25, 0.3) is 17.5 Å². The smallest absolute Gasteiger partial charge is 0.277 e. The van der Waals surface area contributed by atoms with Gasteiger partial charge in [-0.15, -0.1) is 0 Å². The van der Waals surface area contributed by atoms with E-state index in [9.17, 15) is 19.7 Å². The molecule has 0 N–H and O–H groups in total. The predicted molar refractivity (Wildman–Crippen MR) is 106 cm³/mol. The van der Waals surface area contributed by atoms with E-state index in [1.54, 1.807) is 12.1 Å². The third kappa shape index (κ3) is 3.93. The number of benzene rings is 1. The van der Waals surface area contributed by atoms with Crippen molar-refractivity contribution in [1.82, 2.24) is 9.80 Å². The van der Waals surface area contributed by atoms with Crippen molar-refractivity contribution in [2.24, 2.45) is 5.92 Å². The third-order valence-electron chi connectivity index (χ3n) is 5.47. The molecule has 1 atom stereocenters. The van der Waals surface area contributed by atoms with E-state index in [4.69, 9.17) is 0 Å². The number of hydrogen-bond donors (Lipinski definition) is 0. The fourth-order valence-electron chi connectivity index (χ4n) is 3.98. The van der Waals surface area contributed by atoms with Gasteiger partial charge in [0.05, 0.1) is 10.5 Å². The van der Waals surface area contributed by atoms with Crippen LogP contribution in [-0.4, -0.2) is 46.2 Å². The summed E-state index contributed by atoms with van der Waals surface area (Å²) in [4.78, 5) is 40.2. The van der Waals surface area contributed by atoms with Gasteiger partial charge >= 0.3 is 0 Å². The molecule has 28 heavy (non-hydrogen) atoms. The highest BCUT2D eigenvalue weighted by atomic mass is 16.6. The lowest BCUT2D eigenvalue weighted by Crippen LogP contribution is -2.39. The van der Waals surface area contributed by atoms with Crippen LogP contribution in [0.1, 0.15) is 51.5 Å². The molecule has 1 unspecified atom stereocenters. The Kier molecular flexibility index (Phi) is 6.11. The minimum Gasteiger partial charge on any atom is -0.366 e. The number of amides is 2. The number of carbonyl (C=O) groups excluding carboxylic acids is 2. The standard InChI is InChI=1S/C21H27N3O4/c1-3-4-5-13-23-20(25)18(16-8-10-17(11-9-16)24(27)28)19(21(23)26)22-12-6-7-15(2)14-22/h8-11,15H,3-7,12-14H2,1-2H3. The Labute approximate surface area is 165 Å². The minimum absolute atomic E-state index is 0.0333. The molecule has 3 rings (SSSR count). The van der Waals surface area contributed by atoms with Crippen LogP contribution in [0.4, 0.5) is 5.69 Å². The van der Waals surface area contributed by atoms with Crippen molar-refractivity contribution in [2.45, 2.75) is 46.0 Å². The van der Waals surface area contributed by atoms with Gasteiger partial charge in [-0.1, -0.05) is 26.7 Å². The minimum atomic E-state index is -0.468. The maximum absolute atomic E-state index is 13.2. The predicted octanol–water partition coefficient (Wildman–Crippen LogP) is 3.60. The molecule has 2 amide bonds. The summed E-state index contributed by atoms with van der Waals surface area (Å²) in [5.74, 6) is -0.0665. The average Bonchev–Trinajstić information content (AvgIpc) is 2.93. The van der Waals surface area contributed by atoms with Gasteiger partial charge in [-0.3, -0.25) is 24.6 Å². The summed E-state index contributed by atoms with van der Waals surface area (Å²) in [6, 6.07) is 5.91. The topological polar surface area (TPSA) is 83.8 Å². The fourth-order valence-corrected chi connectivity index (χ4v) is 3.98. The Bertz CT molecular complexity index is 800. The first-order chi connectivity index (χ1) is 13.4. The van der Waals surface area contributed by atoms with Gasteiger partial charge in [0.2, 0.25) is 0 Å². The lowest BCUT2D eigenvalue weighted by molar-refractivity contribution is -0.384. The second kappa shape index (κ2) is 8.54. The summed E-state index contributed by atoms with van der Waals surface area (Å²) >= 11 is 0. The van der Waals surface area contributed by atoms with Crippen LogP contribution < -0.4 is 0 Å². The maximum atomic E-state index is 13.2. The van der Waals surface area contributed by atoms with E-state index in [-0.39, 0.29) is 17.5 Å². The number of carbonyl (C=O) groups is 2. The second-order valence-electron chi connectivity index (χ2n) is 7.69. The molecule has 7 heteroatoms. The summed E-state index contributed by atoms with van der Waals surface area (Å²) in [7, 11) is 0. The lowest BCUT2D eigenvalue weighted by Gasteiger charge is -2.33. The molecule has 2 aliphatic rings. The molecular weight excluding hydrogens is 358 g/mol. The van der Waals surface area contributed by atoms with Crippen molar-refractivity contribution < 1.29 is 14.5 Å². The zero-order chi connectivity index (χ0) is 20.3. The Balaban J connectivity index is 1.99. The molecule has 0 aromatic heterocycles. The highest BCUT2D eigenvalue weighted by molar-refractivity contribution is 6.35. The van der Waals surface area contributed by atoms with Gasteiger partial charge in [0, 0.05) is 31.8 Å². The van der Waals surface area contributed by atoms with Crippen molar-refractivity contribution in [3.8, 4) is 0 Å². The lowest BCUT2D eigenvalue weighted by atomic mass is 9.97. The van der Waals surface area contributed by atoms with E-state index >= 15 is 0 Å². The molecular formula is C21H27N3O4. The van der Waals surface area contributed by atoms with Gasteiger partial charge < -0.3 is 4.90 Å². The number of hydrogen-bond acceptors (Lipinski definition) is 5. The molecule has 7 nitrogen and oxygen atoms in total. The van der Waals surface area contributed by atoms with Crippen LogP contribution >= 0.6 is 0 Å². The number of nitro benzene ring substituents is 1. The van der Waals surface area contributed by atoms with Crippen LogP contribution in [0, 0.1) is 16.0 Å². The maximum Gasteiger partial charge on any atom is 0.277 e. The molecule has 0 bridgehead atoms. The quantitative estimate of drug-likeness (QED) is 0.310. The van der Waals surface area contributed by atoms with Gasteiger partial charge in [0.1, 0.15) is 5.70 Å².